The fraction of sp³-hybridized carbons (Fsp3) is 0.273. The molecular formula is C22H24N4O4. The van der Waals surface area contributed by atoms with Crippen molar-refractivity contribution in [2.75, 3.05) is 11.9 Å². The van der Waals surface area contributed by atoms with Crippen LogP contribution in [-0.4, -0.2) is 27.2 Å². The first-order valence-electron chi connectivity index (χ1n) is 9.72. The summed E-state index contributed by atoms with van der Waals surface area (Å²) in [6, 6.07) is 15.4. The number of anilines is 1. The largest absolute Gasteiger partial charge is 0.483 e. The number of hydrogen-bond donors (Lipinski definition) is 1. The first-order chi connectivity index (χ1) is 14.4. The van der Waals surface area contributed by atoms with E-state index in [9.17, 15) is 14.9 Å². The minimum atomic E-state index is -0.463. The number of hydrogen-bond acceptors (Lipinski definition) is 5. The van der Waals surface area contributed by atoms with Crippen LogP contribution >= 0.6 is 0 Å². The van der Waals surface area contributed by atoms with Gasteiger partial charge >= 0.3 is 0 Å². The van der Waals surface area contributed by atoms with Crippen molar-refractivity contribution >= 4 is 17.4 Å². The number of carbonyl (C=O) groups is 1. The van der Waals surface area contributed by atoms with Crippen molar-refractivity contribution in [3.63, 3.8) is 0 Å². The molecule has 0 saturated carbocycles. The molecule has 0 saturated heterocycles. The Morgan fingerprint density at radius 2 is 1.93 bits per heavy atom. The smallest absolute Gasteiger partial charge is 0.269 e. The number of nitro groups is 1. The molecule has 1 aromatic heterocycles. The van der Waals surface area contributed by atoms with Crippen LogP contribution in [0.25, 0.3) is 5.69 Å². The van der Waals surface area contributed by atoms with Crippen LogP contribution in [0.3, 0.4) is 0 Å². The maximum Gasteiger partial charge on any atom is 0.269 e. The molecule has 8 heteroatoms. The highest BCUT2D eigenvalue weighted by Crippen LogP contribution is 2.28. The minimum absolute atomic E-state index is 0.0124. The first kappa shape index (κ1) is 21.0. The summed E-state index contributed by atoms with van der Waals surface area (Å²) in [7, 11) is 0. The summed E-state index contributed by atoms with van der Waals surface area (Å²) in [5, 5.41) is 18.0. The summed E-state index contributed by atoms with van der Waals surface area (Å²) in [6.07, 6.45) is 0.972. The standard InChI is InChI=1S/C22H24N4O4/c1-4-15(2)19-7-5-6-8-20(19)30-14-22(27)23-21-13-16(3)24-25(21)17-9-11-18(12-10-17)26(28)29/h5-13,15H,4,14H2,1-3H3,(H,23,27). The van der Waals surface area contributed by atoms with Gasteiger partial charge in [0.05, 0.1) is 16.3 Å². The lowest BCUT2D eigenvalue weighted by molar-refractivity contribution is -0.384. The number of amides is 1. The van der Waals surface area contributed by atoms with E-state index in [1.54, 1.807) is 25.1 Å². The van der Waals surface area contributed by atoms with Gasteiger partial charge in [0.2, 0.25) is 0 Å². The normalized spacial score (nSPS) is 11.7. The van der Waals surface area contributed by atoms with E-state index in [0.29, 0.717) is 28.9 Å². The Kier molecular flexibility index (Phi) is 6.46. The maximum absolute atomic E-state index is 12.5. The van der Waals surface area contributed by atoms with Crippen LogP contribution in [0.2, 0.25) is 0 Å². The zero-order valence-electron chi connectivity index (χ0n) is 17.2. The highest BCUT2D eigenvalue weighted by atomic mass is 16.6. The van der Waals surface area contributed by atoms with E-state index in [1.165, 1.54) is 16.8 Å². The third-order valence-corrected chi connectivity index (χ3v) is 4.83. The maximum atomic E-state index is 12.5. The van der Waals surface area contributed by atoms with Crippen LogP contribution in [0.15, 0.2) is 54.6 Å². The average molecular weight is 408 g/mol. The predicted octanol–water partition coefficient (Wildman–Crippen LogP) is 4.62. The summed E-state index contributed by atoms with van der Waals surface area (Å²) < 4.78 is 7.30. The third-order valence-electron chi connectivity index (χ3n) is 4.83. The van der Waals surface area contributed by atoms with E-state index >= 15 is 0 Å². The van der Waals surface area contributed by atoms with Crippen LogP contribution in [0.4, 0.5) is 11.5 Å². The van der Waals surface area contributed by atoms with Gasteiger partial charge in [-0.3, -0.25) is 14.9 Å². The summed E-state index contributed by atoms with van der Waals surface area (Å²) in [5.41, 5.74) is 2.36. The Morgan fingerprint density at radius 1 is 1.23 bits per heavy atom. The van der Waals surface area contributed by atoms with Gasteiger partial charge in [0.25, 0.3) is 11.6 Å². The van der Waals surface area contributed by atoms with Crippen molar-refractivity contribution in [2.45, 2.75) is 33.1 Å². The number of non-ortho nitro benzene ring substituents is 1. The van der Waals surface area contributed by atoms with Crippen molar-refractivity contribution < 1.29 is 14.5 Å². The number of aryl methyl sites for hydroxylation is 1. The minimum Gasteiger partial charge on any atom is -0.483 e. The van der Waals surface area contributed by atoms with E-state index in [1.807, 2.05) is 24.3 Å². The number of ether oxygens (including phenoxy) is 1. The quantitative estimate of drug-likeness (QED) is 0.433. The number of aromatic nitrogens is 2. The van der Waals surface area contributed by atoms with Gasteiger partial charge in [-0.05, 0) is 43.0 Å². The lowest BCUT2D eigenvalue weighted by Gasteiger charge is -2.15. The summed E-state index contributed by atoms with van der Waals surface area (Å²) in [6.45, 7) is 5.89. The fourth-order valence-electron chi connectivity index (χ4n) is 3.06. The molecule has 0 aliphatic heterocycles. The van der Waals surface area contributed by atoms with E-state index in [4.69, 9.17) is 4.74 Å². The third kappa shape index (κ3) is 4.83. The number of carbonyl (C=O) groups excluding carboxylic acids is 1. The molecule has 0 fully saturated rings. The summed E-state index contributed by atoms with van der Waals surface area (Å²) >= 11 is 0. The summed E-state index contributed by atoms with van der Waals surface area (Å²) in [5.74, 6) is 1.17. The van der Waals surface area contributed by atoms with Crippen molar-refractivity contribution in [1.29, 1.82) is 0 Å². The lowest BCUT2D eigenvalue weighted by Crippen LogP contribution is -2.22. The SMILES string of the molecule is CCC(C)c1ccccc1OCC(=O)Nc1cc(C)nn1-c1ccc([N+](=O)[O-])cc1. The number of nitrogens with zero attached hydrogens (tertiary/aromatic N) is 3. The molecule has 0 radical (unpaired) electrons. The van der Waals surface area contributed by atoms with Gasteiger partial charge < -0.3 is 10.1 Å². The number of rotatable bonds is 8. The zero-order chi connectivity index (χ0) is 21.7. The molecule has 2 aromatic carbocycles. The average Bonchev–Trinajstić information content (AvgIpc) is 3.11. The van der Waals surface area contributed by atoms with Crippen molar-refractivity contribution in [3.8, 4) is 11.4 Å². The number of nitro benzene ring substituents is 1. The zero-order valence-corrected chi connectivity index (χ0v) is 17.2. The molecule has 1 unspecified atom stereocenters. The van der Waals surface area contributed by atoms with Crippen LogP contribution in [0, 0.1) is 17.0 Å². The highest BCUT2D eigenvalue weighted by Gasteiger charge is 2.15. The molecule has 3 aromatic rings. The van der Waals surface area contributed by atoms with Gasteiger partial charge in [0.15, 0.2) is 6.61 Å². The molecular weight excluding hydrogens is 384 g/mol. The van der Waals surface area contributed by atoms with E-state index in [-0.39, 0.29) is 18.2 Å². The van der Waals surface area contributed by atoms with Crippen LogP contribution in [0.1, 0.15) is 37.4 Å². The molecule has 0 spiro atoms. The Bertz CT molecular complexity index is 1040. The lowest BCUT2D eigenvalue weighted by atomic mass is 9.98. The Labute approximate surface area is 174 Å². The van der Waals surface area contributed by atoms with Crippen molar-refractivity contribution in [3.05, 3.63) is 76.0 Å². The van der Waals surface area contributed by atoms with Gasteiger partial charge in [-0.1, -0.05) is 32.0 Å². The fourth-order valence-corrected chi connectivity index (χ4v) is 3.06. The van der Waals surface area contributed by atoms with Crippen LogP contribution in [0.5, 0.6) is 5.75 Å². The molecule has 3 rings (SSSR count). The second-order valence-corrected chi connectivity index (χ2v) is 7.04. The number of benzene rings is 2. The molecule has 1 atom stereocenters. The Balaban J connectivity index is 1.72. The second-order valence-electron chi connectivity index (χ2n) is 7.04. The van der Waals surface area contributed by atoms with E-state index in [0.717, 1.165) is 12.0 Å². The Morgan fingerprint density at radius 3 is 2.60 bits per heavy atom. The Hall–Kier alpha value is -3.68. The number of nitrogens with one attached hydrogen (secondary N) is 1. The monoisotopic (exact) mass is 408 g/mol. The van der Waals surface area contributed by atoms with Crippen molar-refractivity contribution in [1.82, 2.24) is 9.78 Å². The van der Waals surface area contributed by atoms with Gasteiger partial charge in [-0.15, -0.1) is 0 Å². The molecule has 156 valence electrons. The molecule has 0 bridgehead atoms. The van der Waals surface area contributed by atoms with Crippen LogP contribution < -0.4 is 10.1 Å². The molecule has 8 nitrogen and oxygen atoms in total. The second kappa shape index (κ2) is 9.21. The van der Waals surface area contributed by atoms with Crippen molar-refractivity contribution in [2.24, 2.45) is 0 Å². The summed E-state index contributed by atoms with van der Waals surface area (Å²) in [4.78, 5) is 22.9. The number of para-hydroxylation sites is 1. The topological polar surface area (TPSA) is 99.3 Å². The van der Waals surface area contributed by atoms with Gasteiger partial charge in [-0.25, -0.2) is 4.68 Å². The van der Waals surface area contributed by atoms with E-state index in [2.05, 4.69) is 24.3 Å². The molecule has 0 aliphatic rings. The molecule has 1 heterocycles. The van der Waals surface area contributed by atoms with Gasteiger partial charge in [0.1, 0.15) is 11.6 Å². The first-order valence-corrected chi connectivity index (χ1v) is 9.72. The molecule has 1 amide bonds. The molecule has 30 heavy (non-hydrogen) atoms. The van der Waals surface area contributed by atoms with Gasteiger partial charge in [0, 0.05) is 18.2 Å². The van der Waals surface area contributed by atoms with E-state index < -0.39 is 4.92 Å². The van der Waals surface area contributed by atoms with Gasteiger partial charge in [-0.2, -0.15) is 5.10 Å². The molecule has 0 aliphatic carbocycles. The highest BCUT2D eigenvalue weighted by molar-refractivity contribution is 5.91. The van der Waals surface area contributed by atoms with Crippen LogP contribution in [-0.2, 0) is 4.79 Å². The molecule has 1 N–H and O–H groups in total. The predicted molar refractivity (Wildman–Crippen MR) is 114 cm³/mol.